The largest absolute Gasteiger partial charge is 0.492 e. The Kier molecular flexibility index (Phi) is 5.06. The van der Waals surface area contributed by atoms with Crippen molar-refractivity contribution in [2.24, 2.45) is 5.92 Å². The summed E-state index contributed by atoms with van der Waals surface area (Å²) in [7, 11) is 1.91. The van der Waals surface area contributed by atoms with E-state index < -0.39 is 0 Å². The summed E-state index contributed by atoms with van der Waals surface area (Å²) in [4.78, 5) is 0. The van der Waals surface area contributed by atoms with Crippen molar-refractivity contribution in [1.29, 1.82) is 0 Å². The monoisotopic (exact) mass is 277 g/mol. The smallest absolute Gasteiger partial charge is 0.119 e. The van der Waals surface area contributed by atoms with Crippen LogP contribution in [0.25, 0.3) is 0 Å². The molecule has 2 N–H and O–H groups in total. The maximum atomic E-state index is 9.67. The second-order valence-corrected chi connectivity index (χ2v) is 6.01. The molecule has 2 unspecified atom stereocenters. The van der Waals surface area contributed by atoms with Crippen molar-refractivity contribution in [3.63, 3.8) is 0 Å². The first-order chi connectivity index (χ1) is 9.65. The van der Waals surface area contributed by atoms with Gasteiger partial charge in [-0.25, -0.2) is 0 Å². The molecule has 1 aromatic carbocycles. The summed E-state index contributed by atoms with van der Waals surface area (Å²) < 4.78 is 5.90. The van der Waals surface area contributed by atoms with Crippen LogP contribution in [-0.4, -0.2) is 30.9 Å². The van der Waals surface area contributed by atoms with Gasteiger partial charge in [0.2, 0.25) is 0 Å². The molecule has 0 bridgehead atoms. The standard InChI is InChI=1S/C17H27NO2/c1-4-13(2)14-5-9-16(10-6-14)20-12-17(11-19,18-3)15-7-8-15/h5-6,9-10,13,15,18-19H,4,7-8,11-12H2,1-3H3. The van der Waals surface area contributed by atoms with Gasteiger partial charge in [0.05, 0.1) is 12.1 Å². The van der Waals surface area contributed by atoms with Crippen molar-refractivity contribution < 1.29 is 9.84 Å². The number of ether oxygens (including phenoxy) is 1. The zero-order valence-electron chi connectivity index (χ0n) is 12.9. The lowest BCUT2D eigenvalue weighted by atomic mass is 9.95. The summed E-state index contributed by atoms with van der Waals surface area (Å²) >= 11 is 0. The van der Waals surface area contributed by atoms with Gasteiger partial charge < -0.3 is 15.2 Å². The van der Waals surface area contributed by atoms with Gasteiger partial charge in [0.1, 0.15) is 12.4 Å². The SMILES string of the molecule is CCC(C)c1ccc(OCC(CO)(NC)C2CC2)cc1. The Morgan fingerprint density at radius 2 is 2.00 bits per heavy atom. The summed E-state index contributed by atoms with van der Waals surface area (Å²) in [6.07, 6.45) is 3.50. The number of rotatable bonds is 8. The van der Waals surface area contributed by atoms with Crippen LogP contribution in [-0.2, 0) is 0 Å². The molecule has 3 heteroatoms. The molecule has 2 atom stereocenters. The van der Waals surface area contributed by atoms with E-state index in [1.54, 1.807) is 0 Å². The highest BCUT2D eigenvalue weighted by Gasteiger charge is 2.44. The van der Waals surface area contributed by atoms with Gasteiger partial charge >= 0.3 is 0 Å². The Bertz CT molecular complexity index is 408. The molecule has 3 nitrogen and oxygen atoms in total. The summed E-state index contributed by atoms with van der Waals surface area (Å²) in [6.45, 7) is 5.08. The number of benzene rings is 1. The molecule has 0 aromatic heterocycles. The van der Waals surface area contributed by atoms with Crippen LogP contribution in [0.1, 0.15) is 44.6 Å². The number of nitrogens with one attached hydrogen (secondary N) is 1. The first-order valence-electron chi connectivity index (χ1n) is 7.67. The van der Waals surface area contributed by atoms with E-state index in [9.17, 15) is 5.11 Å². The highest BCUT2D eigenvalue weighted by molar-refractivity contribution is 5.29. The fourth-order valence-electron chi connectivity index (χ4n) is 2.62. The molecule has 20 heavy (non-hydrogen) atoms. The van der Waals surface area contributed by atoms with Gasteiger partial charge in [0.25, 0.3) is 0 Å². The summed E-state index contributed by atoms with van der Waals surface area (Å²) in [5, 5.41) is 12.9. The lowest BCUT2D eigenvalue weighted by Crippen LogP contribution is -2.53. The second kappa shape index (κ2) is 6.59. The van der Waals surface area contributed by atoms with Crippen molar-refractivity contribution in [3.8, 4) is 5.75 Å². The van der Waals surface area contributed by atoms with Gasteiger partial charge in [0, 0.05) is 0 Å². The van der Waals surface area contributed by atoms with Crippen molar-refractivity contribution in [2.45, 2.75) is 44.6 Å². The molecular formula is C17H27NO2. The Morgan fingerprint density at radius 3 is 2.45 bits per heavy atom. The van der Waals surface area contributed by atoms with Crippen molar-refractivity contribution in [1.82, 2.24) is 5.32 Å². The van der Waals surface area contributed by atoms with Crippen LogP contribution in [0.5, 0.6) is 5.75 Å². The third kappa shape index (κ3) is 3.33. The van der Waals surface area contributed by atoms with E-state index in [-0.39, 0.29) is 12.1 Å². The first kappa shape index (κ1) is 15.3. The molecular weight excluding hydrogens is 250 g/mol. The molecule has 1 aliphatic rings. The lowest BCUT2D eigenvalue weighted by Gasteiger charge is -2.31. The van der Waals surface area contributed by atoms with E-state index in [2.05, 4.69) is 31.3 Å². The molecule has 1 aromatic rings. The molecule has 0 heterocycles. The molecule has 0 aliphatic heterocycles. The van der Waals surface area contributed by atoms with Crippen LogP contribution in [0.3, 0.4) is 0 Å². The molecule has 1 aliphatic carbocycles. The summed E-state index contributed by atoms with van der Waals surface area (Å²) in [5.74, 6) is 2.01. The molecule has 1 fully saturated rings. The van der Waals surface area contributed by atoms with Gasteiger partial charge in [-0.1, -0.05) is 26.0 Å². The first-order valence-corrected chi connectivity index (χ1v) is 7.67. The normalized spacial score (nSPS) is 19.4. The predicted molar refractivity (Wildman–Crippen MR) is 82.2 cm³/mol. The molecule has 112 valence electrons. The minimum absolute atomic E-state index is 0.124. The highest BCUT2D eigenvalue weighted by atomic mass is 16.5. The fraction of sp³-hybridized carbons (Fsp3) is 0.647. The van der Waals surface area contributed by atoms with Crippen LogP contribution in [0.15, 0.2) is 24.3 Å². The minimum atomic E-state index is -0.282. The average molecular weight is 277 g/mol. The van der Waals surface area contributed by atoms with Crippen LogP contribution < -0.4 is 10.1 Å². The quantitative estimate of drug-likeness (QED) is 0.767. The third-order valence-corrected chi connectivity index (χ3v) is 4.70. The molecule has 0 amide bonds. The molecule has 2 rings (SSSR count). The minimum Gasteiger partial charge on any atom is -0.492 e. The van der Waals surface area contributed by atoms with Gasteiger partial charge in [-0.15, -0.1) is 0 Å². The van der Waals surface area contributed by atoms with Crippen molar-refractivity contribution in [3.05, 3.63) is 29.8 Å². The van der Waals surface area contributed by atoms with E-state index in [0.717, 1.165) is 12.2 Å². The Morgan fingerprint density at radius 1 is 1.35 bits per heavy atom. The fourth-order valence-corrected chi connectivity index (χ4v) is 2.62. The topological polar surface area (TPSA) is 41.5 Å². The summed E-state index contributed by atoms with van der Waals surface area (Å²) in [5.41, 5.74) is 1.07. The van der Waals surface area contributed by atoms with E-state index >= 15 is 0 Å². The van der Waals surface area contributed by atoms with E-state index in [1.165, 1.54) is 18.4 Å². The zero-order chi connectivity index (χ0) is 14.6. The number of hydrogen-bond acceptors (Lipinski definition) is 3. The van der Waals surface area contributed by atoms with Gasteiger partial charge in [0.15, 0.2) is 0 Å². The molecule has 1 saturated carbocycles. The van der Waals surface area contributed by atoms with Crippen LogP contribution in [0, 0.1) is 5.92 Å². The third-order valence-electron chi connectivity index (χ3n) is 4.70. The second-order valence-electron chi connectivity index (χ2n) is 6.01. The van der Waals surface area contributed by atoms with E-state index in [4.69, 9.17) is 4.74 Å². The van der Waals surface area contributed by atoms with Crippen LogP contribution >= 0.6 is 0 Å². The molecule has 0 saturated heterocycles. The zero-order valence-corrected chi connectivity index (χ0v) is 12.9. The van der Waals surface area contributed by atoms with Crippen molar-refractivity contribution in [2.75, 3.05) is 20.3 Å². The number of aliphatic hydroxyl groups is 1. The van der Waals surface area contributed by atoms with Gasteiger partial charge in [-0.3, -0.25) is 0 Å². The Hall–Kier alpha value is -1.06. The lowest BCUT2D eigenvalue weighted by molar-refractivity contribution is 0.0915. The number of hydrogen-bond donors (Lipinski definition) is 2. The average Bonchev–Trinajstić information content (AvgIpc) is 3.34. The van der Waals surface area contributed by atoms with Gasteiger partial charge in [-0.05, 0) is 55.8 Å². The van der Waals surface area contributed by atoms with E-state index in [0.29, 0.717) is 18.4 Å². The van der Waals surface area contributed by atoms with E-state index in [1.807, 2.05) is 19.2 Å². The Labute approximate surface area is 122 Å². The predicted octanol–water partition coefficient (Wildman–Crippen LogP) is 2.94. The van der Waals surface area contributed by atoms with Crippen LogP contribution in [0.4, 0.5) is 0 Å². The molecule has 0 spiro atoms. The maximum absolute atomic E-state index is 9.67. The van der Waals surface area contributed by atoms with Gasteiger partial charge in [-0.2, -0.15) is 0 Å². The van der Waals surface area contributed by atoms with Crippen molar-refractivity contribution >= 4 is 0 Å². The molecule has 0 radical (unpaired) electrons. The van der Waals surface area contributed by atoms with Crippen LogP contribution in [0.2, 0.25) is 0 Å². The number of likely N-dealkylation sites (N-methyl/N-ethyl adjacent to an activating group) is 1. The number of aliphatic hydroxyl groups excluding tert-OH is 1. The summed E-state index contributed by atoms with van der Waals surface area (Å²) in [6, 6.07) is 8.35. The Balaban J connectivity index is 1.96. The maximum Gasteiger partial charge on any atom is 0.119 e. The highest BCUT2D eigenvalue weighted by Crippen LogP contribution is 2.39.